The summed E-state index contributed by atoms with van der Waals surface area (Å²) in [5.41, 5.74) is 0. The number of nitrogens with one attached hydrogen (secondary N) is 1. The summed E-state index contributed by atoms with van der Waals surface area (Å²) in [4.78, 5) is 0. The van der Waals surface area contributed by atoms with Gasteiger partial charge in [0.05, 0.1) is 0 Å². The van der Waals surface area contributed by atoms with E-state index in [1.165, 1.54) is 25.9 Å². The summed E-state index contributed by atoms with van der Waals surface area (Å²) in [5, 5.41) is 3.34. The summed E-state index contributed by atoms with van der Waals surface area (Å²) in [6, 6.07) is 0. The lowest BCUT2D eigenvalue weighted by atomic mass is 9.98. The Bertz CT molecular complexity index is 101. The van der Waals surface area contributed by atoms with Crippen molar-refractivity contribution in [2.24, 2.45) is 5.92 Å². The molecule has 1 nitrogen and oxygen atoms in total. The fourth-order valence-electron chi connectivity index (χ4n) is 1.33. The summed E-state index contributed by atoms with van der Waals surface area (Å²) >= 11 is 0. The van der Waals surface area contributed by atoms with Gasteiger partial charge in [-0.2, -0.15) is 0 Å². The molecular weight excluding hydrogens is 122 g/mol. The van der Waals surface area contributed by atoms with Crippen LogP contribution in [0.25, 0.3) is 0 Å². The number of rotatable bonds is 2. The SMILES string of the molecule is [CH2]CC=CC1CCNCC1. The highest BCUT2D eigenvalue weighted by molar-refractivity contribution is 4.90. The van der Waals surface area contributed by atoms with Crippen LogP contribution in [0.3, 0.4) is 0 Å². The summed E-state index contributed by atoms with van der Waals surface area (Å²) in [5.74, 6) is 0.822. The first-order valence-electron chi connectivity index (χ1n) is 4.10. The zero-order chi connectivity index (χ0) is 7.23. The van der Waals surface area contributed by atoms with E-state index in [4.69, 9.17) is 0 Å². The zero-order valence-electron chi connectivity index (χ0n) is 6.47. The lowest BCUT2D eigenvalue weighted by Crippen LogP contribution is -2.26. The molecular formula is C9H16N. The van der Waals surface area contributed by atoms with Gasteiger partial charge in [-0.25, -0.2) is 0 Å². The van der Waals surface area contributed by atoms with Crippen molar-refractivity contribution in [1.82, 2.24) is 5.32 Å². The molecule has 0 aromatic carbocycles. The Morgan fingerprint density at radius 1 is 1.40 bits per heavy atom. The van der Waals surface area contributed by atoms with Crippen molar-refractivity contribution in [1.29, 1.82) is 0 Å². The van der Waals surface area contributed by atoms with Crippen LogP contribution in [0.2, 0.25) is 0 Å². The molecule has 0 aromatic heterocycles. The topological polar surface area (TPSA) is 12.0 Å². The molecule has 1 aliphatic rings. The van der Waals surface area contributed by atoms with E-state index in [0.717, 1.165) is 12.3 Å². The Hall–Kier alpha value is -0.300. The van der Waals surface area contributed by atoms with Crippen LogP contribution in [0.4, 0.5) is 0 Å². The minimum atomic E-state index is 0.822. The normalized spacial score (nSPS) is 22.1. The smallest absolute Gasteiger partial charge is 0.00433 e. The maximum atomic E-state index is 3.77. The molecule has 0 aliphatic carbocycles. The Morgan fingerprint density at radius 3 is 2.70 bits per heavy atom. The third kappa shape index (κ3) is 2.53. The highest BCUT2D eigenvalue weighted by atomic mass is 14.9. The van der Waals surface area contributed by atoms with Crippen LogP contribution in [0, 0.1) is 12.8 Å². The predicted octanol–water partition coefficient (Wildman–Crippen LogP) is 1.77. The van der Waals surface area contributed by atoms with Crippen LogP contribution in [0.1, 0.15) is 19.3 Å². The van der Waals surface area contributed by atoms with Gasteiger partial charge in [0.25, 0.3) is 0 Å². The lowest BCUT2D eigenvalue weighted by Gasteiger charge is -2.18. The van der Waals surface area contributed by atoms with Gasteiger partial charge in [-0.3, -0.25) is 0 Å². The van der Waals surface area contributed by atoms with E-state index in [-0.39, 0.29) is 0 Å². The molecule has 1 fully saturated rings. The molecule has 1 aliphatic heterocycles. The summed E-state index contributed by atoms with van der Waals surface area (Å²) in [6.07, 6.45) is 8.03. The molecule has 0 atom stereocenters. The van der Waals surface area contributed by atoms with Gasteiger partial charge >= 0.3 is 0 Å². The molecule has 1 heterocycles. The van der Waals surface area contributed by atoms with E-state index in [9.17, 15) is 0 Å². The van der Waals surface area contributed by atoms with Gasteiger partial charge in [0, 0.05) is 0 Å². The van der Waals surface area contributed by atoms with Crippen molar-refractivity contribution >= 4 is 0 Å². The van der Waals surface area contributed by atoms with Gasteiger partial charge in [0.2, 0.25) is 0 Å². The Kier molecular flexibility index (Phi) is 3.52. The van der Waals surface area contributed by atoms with E-state index < -0.39 is 0 Å². The fourth-order valence-corrected chi connectivity index (χ4v) is 1.33. The summed E-state index contributed by atoms with van der Waals surface area (Å²) in [6.45, 7) is 6.14. The molecule has 0 amide bonds. The maximum Gasteiger partial charge on any atom is -0.00433 e. The molecule has 0 bridgehead atoms. The molecule has 0 spiro atoms. The molecule has 0 aromatic rings. The van der Waals surface area contributed by atoms with Crippen molar-refractivity contribution in [3.63, 3.8) is 0 Å². The van der Waals surface area contributed by atoms with Gasteiger partial charge in [0.1, 0.15) is 0 Å². The van der Waals surface area contributed by atoms with E-state index in [0.29, 0.717) is 0 Å². The predicted molar refractivity (Wildman–Crippen MR) is 44.7 cm³/mol. The minimum Gasteiger partial charge on any atom is -0.317 e. The highest BCUT2D eigenvalue weighted by Crippen LogP contribution is 2.12. The standard InChI is InChI=1S/C9H16N/c1-2-3-4-9-5-7-10-8-6-9/h3-4,9-10H,1-2,5-8H2. The molecule has 0 saturated carbocycles. The molecule has 1 rings (SSSR count). The number of allylic oxidation sites excluding steroid dienone is 2. The molecule has 1 saturated heterocycles. The average Bonchev–Trinajstić information content (AvgIpc) is 2.03. The van der Waals surface area contributed by atoms with Crippen LogP contribution in [0.15, 0.2) is 12.2 Å². The highest BCUT2D eigenvalue weighted by Gasteiger charge is 2.07. The lowest BCUT2D eigenvalue weighted by molar-refractivity contribution is 0.436. The Morgan fingerprint density at radius 2 is 2.10 bits per heavy atom. The maximum absolute atomic E-state index is 3.77. The van der Waals surface area contributed by atoms with Crippen LogP contribution in [0.5, 0.6) is 0 Å². The van der Waals surface area contributed by atoms with E-state index >= 15 is 0 Å². The molecule has 1 N–H and O–H groups in total. The number of hydrogen-bond acceptors (Lipinski definition) is 1. The van der Waals surface area contributed by atoms with Crippen LogP contribution in [-0.4, -0.2) is 13.1 Å². The van der Waals surface area contributed by atoms with E-state index in [2.05, 4.69) is 24.4 Å². The second-order valence-corrected chi connectivity index (χ2v) is 2.80. The Labute approximate surface area is 63.5 Å². The van der Waals surface area contributed by atoms with Gasteiger partial charge in [-0.1, -0.05) is 12.2 Å². The Balaban J connectivity index is 2.19. The van der Waals surface area contributed by atoms with Crippen molar-refractivity contribution in [2.45, 2.75) is 19.3 Å². The first kappa shape index (κ1) is 7.80. The fraction of sp³-hybridized carbons (Fsp3) is 0.667. The minimum absolute atomic E-state index is 0.822. The number of piperidine rings is 1. The molecule has 1 radical (unpaired) electrons. The third-order valence-electron chi connectivity index (χ3n) is 1.96. The van der Waals surface area contributed by atoms with E-state index in [1.54, 1.807) is 0 Å². The average molecular weight is 138 g/mol. The molecule has 10 heavy (non-hydrogen) atoms. The molecule has 57 valence electrons. The van der Waals surface area contributed by atoms with Crippen LogP contribution in [-0.2, 0) is 0 Å². The quantitative estimate of drug-likeness (QED) is 0.573. The van der Waals surface area contributed by atoms with Crippen LogP contribution < -0.4 is 5.32 Å². The van der Waals surface area contributed by atoms with Crippen LogP contribution >= 0.6 is 0 Å². The summed E-state index contributed by atoms with van der Waals surface area (Å²) in [7, 11) is 0. The van der Waals surface area contributed by atoms with Gasteiger partial charge < -0.3 is 5.32 Å². The van der Waals surface area contributed by atoms with Crippen molar-refractivity contribution in [3.8, 4) is 0 Å². The second-order valence-electron chi connectivity index (χ2n) is 2.80. The second kappa shape index (κ2) is 4.51. The molecule has 0 unspecified atom stereocenters. The third-order valence-corrected chi connectivity index (χ3v) is 1.96. The van der Waals surface area contributed by atoms with Crippen molar-refractivity contribution in [2.75, 3.05) is 13.1 Å². The van der Waals surface area contributed by atoms with E-state index in [1.807, 2.05) is 0 Å². The first-order chi connectivity index (χ1) is 4.93. The van der Waals surface area contributed by atoms with Gasteiger partial charge in [-0.15, -0.1) is 0 Å². The van der Waals surface area contributed by atoms with Gasteiger partial charge in [0.15, 0.2) is 0 Å². The summed E-state index contributed by atoms with van der Waals surface area (Å²) < 4.78 is 0. The van der Waals surface area contributed by atoms with Crippen molar-refractivity contribution < 1.29 is 0 Å². The largest absolute Gasteiger partial charge is 0.317 e. The number of hydrogen-bond donors (Lipinski definition) is 1. The molecule has 1 heteroatoms. The first-order valence-corrected chi connectivity index (χ1v) is 4.10. The van der Waals surface area contributed by atoms with Crippen molar-refractivity contribution in [3.05, 3.63) is 19.1 Å². The van der Waals surface area contributed by atoms with Gasteiger partial charge in [-0.05, 0) is 45.2 Å². The zero-order valence-corrected chi connectivity index (χ0v) is 6.47. The monoisotopic (exact) mass is 138 g/mol.